The normalized spacial score (nSPS) is 12.7. The van der Waals surface area contributed by atoms with Crippen LogP contribution in [0.3, 0.4) is 0 Å². The highest BCUT2D eigenvalue weighted by Gasteiger charge is 2.21. The Balaban J connectivity index is 1.59. The van der Waals surface area contributed by atoms with Crippen LogP contribution in [-0.4, -0.2) is 5.90 Å². The molecule has 1 aliphatic rings. The third-order valence-corrected chi connectivity index (χ3v) is 5.20. The minimum atomic E-state index is -0.937. The van der Waals surface area contributed by atoms with Crippen molar-refractivity contribution in [3.63, 3.8) is 0 Å². The van der Waals surface area contributed by atoms with E-state index < -0.39 is 29.0 Å². The maximum atomic E-state index is 14.9. The van der Waals surface area contributed by atoms with Gasteiger partial charge in [-0.1, -0.05) is 19.1 Å². The van der Waals surface area contributed by atoms with Gasteiger partial charge in [0, 0.05) is 23.9 Å². The Kier molecular flexibility index (Phi) is 5.99. The summed E-state index contributed by atoms with van der Waals surface area (Å²) in [4.78, 5) is 3.94. The zero-order valence-corrected chi connectivity index (χ0v) is 17.5. The Morgan fingerprint density at radius 2 is 1.75 bits per heavy atom. The number of hydrogen-bond acceptors (Lipinski definition) is 3. The van der Waals surface area contributed by atoms with Gasteiger partial charge in [-0.25, -0.2) is 22.6 Å². The van der Waals surface area contributed by atoms with Crippen LogP contribution >= 0.6 is 0 Å². The molecule has 164 valence electrons. The molecule has 7 heteroatoms. The molecule has 0 aliphatic carbocycles. The van der Waals surface area contributed by atoms with Crippen molar-refractivity contribution in [3.8, 4) is 16.9 Å². The lowest BCUT2D eigenvalue weighted by Gasteiger charge is -2.18. The maximum absolute atomic E-state index is 14.9. The molecule has 0 atom stereocenters. The predicted molar refractivity (Wildman–Crippen MR) is 117 cm³/mol. The first-order chi connectivity index (χ1) is 15.4. The second-order valence-electron chi connectivity index (χ2n) is 7.41. The van der Waals surface area contributed by atoms with Crippen LogP contribution in [0.4, 0.5) is 23.2 Å². The first kappa shape index (κ1) is 21.6. The maximum Gasteiger partial charge on any atom is 0.224 e. The molecule has 1 aliphatic heterocycles. The first-order valence-electron chi connectivity index (χ1n) is 10.1. The summed E-state index contributed by atoms with van der Waals surface area (Å²) in [6, 6.07) is 11.3. The lowest BCUT2D eigenvalue weighted by molar-refractivity contribution is 0.480. The van der Waals surface area contributed by atoms with E-state index in [2.05, 4.69) is 10.3 Å². The van der Waals surface area contributed by atoms with Crippen molar-refractivity contribution in [1.29, 1.82) is 0 Å². The molecule has 4 rings (SSSR count). The molecule has 0 spiro atoms. The Bertz CT molecular complexity index is 1250. The molecular weight excluding hydrogens is 420 g/mol. The number of halogens is 4. The van der Waals surface area contributed by atoms with E-state index in [4.69, 9.17) is 4.74 Å². The summed E-state index contributed by atoms with van der Waals surface area (Å²) in [5.41, 5.74) is 2.09. The molecule has 1 heterocycles. The zero-order chi connectivity index (χ0) is 22.8. The van der Waals surface area contributed by atoms with Gasteiger partial charge in [-0.15, -0.1) is 0 Å². The van der Waals surface area contributed by atoms with E-state index in [1.807, 2.05) is 6.92 Å². The largest absolute Gasteiger partial charge is 0.436 e. The Morgan fingerprint density at radius 1 is 0.938 bits per heavy atom. The van der Waals surface area contributed by atoms with Gasteiger partial charge < -0.3 is 10.1 Å². The van der Waals surface area contributed by atoms with Crippen LogP contribution < -0.4 is 10.1 Å². The molecule has 0 amide bonds. The fraction of sp³-hybridized carbons (Fsp3) is 0.160. The highest BCUT2D eigenvalue weighted by molar-refractivity contribution is 5.99. The van der Waals surface area contributed by atoms with Gasteiger partial charge >= 0.3 is 0 Å². The van der Waals surface area contributed by atoms with E-state index in [-0.39, 0.29) is 23.8 Å². The summed E-state index contributed by atoms with van der Waals surface area (Å²) < 4.78 is 63.0. The van der Waals surface area contributed by atoms with Gasteiger partial charge in [-0.2, -0.15) is 0 Å². The lowest BCUT2D eigenvalue weighted by Crippen LogP contribution is -2.18. The number of rotatable bonds is 6. The van der Waals surface area contributed by atoms with Gasteiger partial charge in [-0.05, 0) is 66.4 Å². The topological polar surface area (TPSA) is 33.6 Å². The smallest absolute Gasteiger partial charge is 0.224 e. The second kappa shape index (κ2) is 8.86. The van der Waals surface area contributed by atoms with Crippen molar-refractivity contribution in [3.05, 3.63) is 94.7 Å². The van der Waals surface area contributed by atoms with Crippen molar-refractivity contribution < 1.29 is 22.3 Å². The molecule has 3 nitrogen and oxygen atoms in total. The Hall–Kier alpha value is -3.61. The highest BCUT2D eigenvalue weighted by atomic mass is 19.1. The van der Waals surface area contributed by atoms with Crippen molar-refractivity contribution >= 4 is 11.6 Å². The van der Waals surface area contributed by atoms with E-state index in [0.29, 0.717) is 23.1 Å². The van der Waals surface area contributed by atoms with Crippen LogP contribution in [0, 0.1) is 30.2 Å². The SMILES string of the molecule is CCC1=CN=C1Oc1ccc(F)c(NCc2cc(-c3cccc(F)c3)cc(C)c2F)c1F. The molecule has 32 heavy (non-hydrogen) atoms. The van der Waals surface area contributed by atoms with Crippen molar-refractivity contribution in [1.82, 2.24) is 0 Å². The van der Waals surface area contributed by atoms with E-state index in [9.17, 15) is 17.6 Å². The fourth-order valence-corrected chi connectivity index (χ4v) is 3.41. The van der Waals surface area contributed by atoms with Gasteiger partial charge in [0.25, 0.3) is 0 Å². The molecule has 0 fully saturated rings. The van der Waals surface area contributed by atoms with E-state index in [1.54, 1.807) is 31.3 Å². The summed E-state index contributed by atoms with van der Waals surface area (Å²) in [5, 5.41) is 2.63. The highest BCUT2D eigenvalue weighted by Crippen LogP contribution is 2.31. The zero-order valence-electron chi connectivity index (χ0n) is 17.5. The number of benzene rings is 3. The summed E-state index contributed by atoms with van der Waals surface area (Å²) in [6.07, 6.45) is 2.29. The predicted octanol–water partition coefficient (Wildman–Crippen LogP) is 6.92. The standard InChI is InChI=1S/C25H20F4N2O/c1-3-15-12-31-25(15)32-21-8-7-20(27)24(23(21)29)30-13-18-10-17(9-14(2)22(18)28)16-5-4-6-19(26)11-16/h4-12,30H,3,13H2,1-2H3. The number of anilines is 1. The number of hydrogen-bond donors (Lipinski definition) is 1. The van der Waals surface area contributed by atoms with Gasteiger partial charge in [-0.3, -0.25) is 0 Å². The summed E-state index contributed by atoms with van der Waals surface area (Å²) in [6.45, 7) is 3.30. The monoisotopic (exact) mass is 440 g/mol. The average molecular weight is 440 g/mol. The van der Waals surface area contributed by atoms with Crippen molar-refractivity contribution in [2.24, 2.45) is 4.99 Å². The number of nitrogens with one attached hydrogen (secondary N) is 1. The third kappa shape index (κ3) is 4.23. The van der Waals surface area contributed by atoms with Gasteiger partial charge in [0.2, 0.25) is 5.90 Å². The lowest BCUT2D eigenvalue weighted by atomic mass is 9.99. The summed E-state index contributed by atoms with van der Waals surface area (Å²) >= 11 is 0. The molecular formula is C25H20F4N2O. The Labute approximate surface area is 183 Å². The van der Waals surface area contributed by atoms with Crippen LogP contribution in [0.25, 0.3) is 11.1 Å². The molecule has 0 saturated heterocycles. The van der Waals surface area contributed by atoms with Crippen molar-refractivity contribution in [2.75, 3.05) is 5.32 Å². The van der Waals surface area contributed by atoms with E-state index in [1.165, 1.54) is 24.3 Å². The number of nitrogens with zero attached hydrogens (tertiary/aromatic N) is 1. The van der Waals surface area contributed by atoms with Gasteiger partial charge in [0.15, 0.2) is 11.6 Å². The third-order valence-electron chi connectivity index (χ3n) is 5.20. The van der Waals surface area contributed by atoms with Crippen LogP contribution in [-0.2, 0) is 6.54 Å². The molecule has 0 radical (unpaired) electrons. The molecule has 1 N–H and O–H groups in total. The van der Waals surface area contributed by atoms with E-state index >= 15 is 0 Å². The molecule has 0 bridgehead atoms. The average Bonchev–Trinajstić information content (AvgIpc) is 2.75. The molecule has 0 aromatic heterocycles. The Morgan fingerprint density at radius 3 is 2.44 bits per heavy atom. The van der Waals surface area contributed by atoms with Gasteiger partial charge in [0.1, 0.15) is 23.1 Å². The number of ether oxygens (including phenoxy) is 1. The van der Waals surface area contributed by atoms with Gasteiger partial charge in [0.05, 0.1) is 0 Å². The van der Waals surface area contributed by atoms with Crippen LogP contribution in [0.1, 0.15) is 24.5 Å². The summed E-state index contributed by atoms with van der Waals surface area (Å²) in [5.74, 6) is -2.59. The van der Waals surface area contributed by atoms with Crippen LogP contribution in [0.15, 0.2) is 65.3 Å². The second-order valence-corrected chi connectivity index (χ2v) is 7.41. The fourth-order valence-electron chi connectivity index (χ4n) is 3.41. The molecule has 0 saturated carbocycles. The molecule has 3 aromatic rings. The summed E-state index contributed by atoms with van der Waals surface area (Å²) in [7, 11) is 0. The first-order valence-corrected chi connectivity index (χ1v) is 10.1. The molecule has 0 unspecified atom stereocenters. The minimum absolute atomic E-state index is 0.183. The van der Waals surface area contributed by atoms with Crippen LogP contribution in [0.5, 0.6) is 5.75 Å². The minimum Gasteiger partial charge on any atom is -0.436 e. The van der Waals surface area contributed by atoms with Crippen molar-refractivity contribution in [2.45, 2.75) is 26.8 Å². The quantitative estimate of drug-likeness (QED) is 0.422. The van der Waals surface area contributed by atoms with Crippen LogP contribution in [0.2, 0.25) is 0 Å². The number of aliphatic imine (C=N–C) groups is 1. The number of aryl methyl sites for hydroxylation is 1. The van der Waals surface area contributed by atoms with E-state index in [0.717, 1.165) is 11.6 Å². The molecule has 3 aromatic carbocycles.